The minimum Gasteiger partial charge on any atom is -0.545 e. The fourth-order valence-corrected chi connectivity index (χ4v) is 2.29. The Hall–Kier alpha value is -2.48. The molecule has 2 N–H and O–H groups in total. The number of nitrogens with one attached hydrogen (secondary N) is 1. The fraction of sp³-hybridized carbons (Fsp3) is 0.333. The first-order valence-corrected chi connectivity index (χ1v) is 6.96. The Kier molecular flexibility index (Phi) is 4.65. The first-order valence-electron chi connectivity index (χ1n) is 6.96. The molecule has 0 aliphatic carbocycles. The minimum absolute atomic E-state index is 0.0904. The van der Waals surface area contributed by atoms with Gasteiger partial charge in [0.2, 0.25) is 0 Å². The summed E-state index contributed by atoms with van der Waals surface area (Å²) in [5, 5.41) is 22.3. The summed E-state index contributed by atoms with van der Waals surface area (Å²) in [5.74, 6) is -3.79. The maximum atomic E-state index is 14.6. The molecule has 1 atom stereocenters. The number of fused-ring (bicyclic) bond motifs is 1. The molecule has 6 nitrogen and oxygen atoms in total. The quantitative estimate of drug-likeness (QED) is 0.833. The van der Waals surface area contributed by atoms with Gasteiger partial charge in [0.25, 0.3) is 0 Å². The van der Waals surface area contributed by atoms with Crippen molar-refractivity contribution in [1.82, 2.24) is 4.57 Å². The van der Waals surface area contributed by atoms with Gasteiger partial charge in [-0.15, -0.1) is 0 Å². The molecule has 2 aromatic rings. The molecule has 124 valence electrons. The van der Waals surface area contributed by atoms with E-state index in [1.165, 1.54) is 11.5 Å². The zero-order valence-electron chi connectivity index (χ0n) is 12.5. The Morgan fingerprint density at radius 3 is 2.65 bits per heavy atom. The number of nitrogens with zero attached hydrogens (tertiary/aromatic N) is 1. The van der Waals surface area contributed by atoms with E-state index >= 15 is 0 Å². The first kappa shape index (κ1) is 16.9. The number of carbonyl (C=O) groups excluding carboxylic acids is 1. The molecule has 2 rings (SSSR count). The predicted octanol–water partition coefficient (Wildman–Crippen LogP) is 0.456. The van der Waals surface area contributed by atoms with Crippen LogP contribution in [0.1, 0.15) is 24.2 Å². The van der Waals surface area contributed by atoms with Crippen LogP contribution in [0, 0.1) is 11.6 Å². The van der Waals surface area contributed by atoms with Crippen molar-refractivity contribution < 1.29 is 23.8 Å². The van der Waals surface area contributed by atoms with Gasteiger partial charge in [-0.25, -0.2) is 8.78 Å². The average Bonchev–Trinajstić information content (AvgIpc) is 2.47. The van der Waals surface area contributed by atoms with E-state index in [1.807, 2.05) is 0 Å². The van der Waals surface area contributed by atoms with Gasteiger partial charge in [-0.2, -0.15) is 0 Å². The molecule has 23 heavy (non-hydrogen) atoms. The Labute approximate surface area is 130 Å². The number of aliphatic hydroxyl groups is 1. The van der Waals surface area contributed by atoms with Gasteiger partial charge in [0.05, 0.1) is 28.5 Å². The molecular formula is C15H15F2N2O4-. The summed E-state index contributed by atoms with van der Waals surface area (Å²) >= 11 is 0. The largest absolute Gasteiger partial charge is 0.545 e. The molecule has 1 aromatic heterocycles. The van der Waals surface area contributed by atoms with Crippen LogP contribution >= 0.6 is 0 Å². The number of carboxylic acid groups (broad SMARTS) is 1. The van der Waals surface area contributed by atoms with E-state index in [-0.39, 0.29) is 24.0 Å². The number of rotatable bonds is 5. The van der Waals surface area contributed by atoms with Gasteiger partial charge in [0.1, 0.15) is 11.5 Å². The lowest BCUT2D eigenvalue weighted by Gasteiger charge is -2.16. The first-order chi connectivity index (χ1) is 10.8. The zero-order chi connectivity index (χ0) is 17.3. The van der Waals surface area contributed by atoms with Crippen LogP contribution in [0.3, 0.4) is 0 Å². The molecule has 0 radical (unpaired) electrons. The molecule has 0 saturated carbocycles. The number of carboxylic acids is 1. The van der Waals surface area contributed by atoms with E-state index in [1.54, 1.807) is 6.92 Å². The summed E-state index contributed by atoms with van der Waals surface area (Å²) in [6, 6.07) is 0.781. The van der Waals surface area contributed by atoms with Gasteiger partial charge in [0, 0.05) is 19.3 Å². The van der Waals surface area contributed by atoms with Crippen LogP contribution in [-0.4, -0.2) is 28.3 Å². The molecule has 1 aromatic carbocycles. The number of carbonyl (C=O) groups is 1. The summed E-state index contributed by atoms with van der Waals surface area (Å²) in [7, 11) is 0. The van der Waals surface area contributed by atoms with Crippen molar-refractivity contribution >= 4 is 22.6 Å². The molecule has 0 spiro atoms. The second kappa shape index (κ2) is 6.33. The monoisotopic (exact) mass is 325 g/mol. The third-order valence-electron chi connectivity index (χ3n) is 3.39. The second-order valence-corrected chi connectivity index (χ2v) is 5.12. The molecule has 0 bridgehead atoms. The van der Waals surface area contributed by atoms with Crippen molar-refractivity contribution in [3.05, 3.63) is 39.7 Å². The van der Waals surface area contributed by atoms with Gasteiger partial charge >= 0.3 is 0 Å². The summed E-state index contributed by atoms with van der Waals surface area (Å²) in [6.07, 6.45) is 0.137. The van der Waals surface area contributed by atoms with Gasteiger partial charge < -0.3 is 24.9 Å². The lowest BCUT2D eigenvalue weighted by molar-refractivity contribution is -0.255. The molecule has 0 fully saturated rings. The van der Waals surface area contributed by atoms with Gasteiger partial charge in [-0.3, -0.25) is 4.79 Å². The Bertz CT molecular complexity index is 831. The van der Waals surface area contributed by atoms with E-state index < -0.39 is 40.4 Å². The van der Waals surface area contributed by atoms with Crippen molar-refractivity contribution in [2.75, 3.05) is 11.9 Å². The second-order valence-electron chi connectivity index (χ2n) is 5.12. The van der Waals surface area contributed by atoms with E-state index in [2.05, 4.69) is 5.32 Å². The number of halogens is 2. The number of benzene rings is 1. The fourth-order valence-electron chi connectivity index (χ4n) is 2.29. The summed E-state index contributed by atoms with van der Waals surface area (Å²) < 4.78 is 29.9. The Morgan fingerprint density at radius 1 is 1.48 bits per heavy atom. The molecular weight excluding hydrogens is 310 g/mol. The molecule has 0 saturated heterocycles. The summed E-state index contributed by atoms with van der Waals surface area (Å²) in [5.41, 5.74) is -2.37. The average molecular weight is 325 g/mol. The highest BCUT2D eigenvalue weighted by atomic mass is 19.1. The number of aryl methyl sites for hydroxylation is 1. The number of pyridine rings is 1. The van der Waals surface area contributed by atoms with E-state index in [9.17, 15) is 28.6 Å². The molecule has 0 aliphatic rings. The molecule has 8 heteroatoms. The van der Waals surface area contributed by atoms with Crippen molar-refractivity contribution in [3.8, 4) is 0 Å². The summed E-state index contributed by atoms with van der Waals surface area (Å²) in [4.78, 5) is 23.1. The third-order valence-corrected chi connectivity index (χ3v) is 3.39. The number of aromatic nitrogens is 1. The number of aliphatic hydroxyl groups excluding tert-OH is 1. The van der Waals surface area contributed by atoms with Crippen LogP contribution in [0.4, 0.5) is 14.5 Å². The highest BCUT2D eigenvalue weighted by molar-refractivity contribution is 5.92. The number of anilines is 1. The molecule has 1 unspecified atom stereocenters. The van der Waals surface area contributed by atoms with Crippen molar-refractivity contribution in [3.63, 3.8) is 0 Å². The van der Waals surface area contributed by atoms with E-state index in [4.69, 9.17) is 0 Å². The van der Waals surface area contributed by atoms with Crippen molar-refractivity contribution in [2.24, 2.45) is 0 Å². The smallest absolute Gasteiger partial charge is 0.198 e. The van der Waals surface area contributed by atoms with Crippen LogP contribution in [0.15, 0.2) is 17.1 Å². The van der Waals surface area contributed by atoms with Gasteiger partial charge in [0.15, 0.2) is 11.2 Å². The molecule has 0 aliphatic heterocycles. The third kappa shape index (κ3) is 3.02. The van der Waals surface area contributed by atoms with Crippen LogP contribution < -0.4 is 15.9 Å². The lowest BCUT2D eigenvalue weighted by Crippen LogP contribution is -2.30. The molecule has 1 heterocycles. The van der Waals surface area contributed by atoms with Crippen LogP contribution in [0.5, 0.6) is 0 Å². The number of aromatic carboxylic acids is 1. The number of hydrogen-bond donors (Lipinski definition) is 2. The molecule has 0 amide bonds. The van der Waals surface area contributed by atoms with Crippen LogP contribution in [-0.2, 0) is 6.54 Å². The van der Waals surface area contributed by atoms with E-state index in [0.717, 1.165) is 12.3 Å². The highest BCUT2D eigenvalue weighted by Gasteiger charge is 2.20. The highest BCUT2D eigenvalue weighted by Crippen LogP contribution is 2.27. The maximum absolute atomic E-state index is 14.6. The lowest BCUT2D eigenvalue weighted by atomic mass is 10.1. The van der Waals surface area contributed by atoms with Crippen molar-refractivity contribution in [2.45, 2.75) is 26.5 Å². The Morgan fingerprint density at radius 2 is 2.13 bits per heavy atom. The van der Waals surface area contributed by atoms with Gasteiger partial charge in [-0.1, -0.05) is 0 Å². The SMILES string of the molecule is CCn1cc(C(=O)[O-])c(=O)c2cc(F)c(NCC(C)O)c(F)c21. The van der Waals surface area contributed by atoms with Crippen molar-refractivity contribution in [1.29, 1.82) is 0 Å². The minimum atomic E-state index is -1.71. The number of hydrogen-bond acceptors (Lipinski definition) is 5. The van der Waals surface area contributed by atoms with Crippen LogP contribution in [0.25, 0.3) is 10.9 Å². The zero-order valence-corrected chi connectivity index (χ0v) is 12.5. The Balaban J connectivity index is 2.81. The predicted molar refractivity (Wildman–Crippen MR) is 78.3 cm³/mol. The normalized spacial score (nSPS) is 12.4. The summed E-state index contributed by atoms with van der Waals surface area (Å²) in [6.45, 7) is 3.13. The standard InChI is InChI=1S/C15H16F2N2O4/c1-3-19-6-9(15(22)23)14(21)8-4-10(16)12(11(17)13(8)19)18-5-7(2)20/h4,6-7,18,20H,3,5H2,1-2H3,(H,22,23)/p-1. The van der Waals surface area contributed by atoms with E-state index in [0.29, 0.717) is 0 Å². The maximum Gasteiger partial charge on any atom is 0.198 e. The van der Waals surface area contributed by atoms with Gasteiger partial charge in [-0.05, 0) is 19.9 Å². The van der Waals surface area contributed by atoms with Crippen LogP contribution in [0.2, 0.25) is 0 Å². The topological polar surface area (TPSA) is 94.4 Å².